The second-order valence-electron chi connectivity index (χ2n) is 6.41. The van der Waals surface area contributed by atoms with E-state index in [0.29, 0.717) is 24.9 Å². The lowest BCUT2D eigenvalue weighted by molar-refractivity contribution is 0.0917. The molecule has 132 valence electrons. The Morgan fingerprint density at radius 3 is 2.48 bits per heavy atom. The summed E-state index contributed by atoms with van der Waals surface area (Å²) >= 11 is 0. The van der Waals surface area contributed by atoms with Crippen LogP contribution in [0.25, 0.3) is 0 Å². The third-order valence-electron chi connectivity index (χ3n) is 4.59. The molecule has 0 aromatic heterocycles. The Kier molecular flexibility index (Phi) is 4.75. The number of carbonyl (C=O) groups excluding carboxylic acids is 1. The van der Waals surface area contributed by atoms with Crippen molar-refractivity contribution in [3.63, 3.8) is 0 Å². The van der Waals surface area contributed by atoms with E-state index in [1.807, 2.05) is 26.0 Å². The third kappa shape index (κ3) is 3.37. The van der Waals surface area contributed by atoms with E-state index in [4.69, 9.17) is 0 Å². The lowest BCUT2D eigenvalue weighted by atomic mass is 9.97. The second kappa shape index (κ2) is 6.69. The van der Waals surface area contributed by atoms with Gasteiger partial charge in [0.25, 0.3) is 0 Å². The van der Waals surface area contributed by atoms with Gasteiger partial charge in [0, 0.05) is 12.1 Å². The fourth-order valence-electron chi connectivity index (χ4n) is 3.21. The molecule has 0 bridgehead atoms. The molecule has 1 aliphatic rings. The summed E-state index contributed by atoms with van der Waals surface area (Å²) in [5.74, 6) is -0.673. The van der Waals surface area contributed by atoms with Gasteiger partial charge in [0.05, 0.1) is 10.9 Å². The first kappa shape index (κ1) is 17.8. The zero-order chi connectivity index (χ0) is 18.2. The first-order chi connectivity index (χ1) is 11.8. The van der Waals surface area contributed by atoms with Crippen LogP contribution in [0.15, 0.2) is 47.4 Å². The van der Waals surface area contributed by atoms with Gasteiger partial charge in [-0.25, -0.2) is 12.8 Å². The molecule has 1 fully saturated rings. The minimum Gasteiger partial charge on any atom is -0.292 e. The number of carbonyl (C=O) groups is 1. The molecule has 25 heavy (non-hydrogen) atoms. The first-order valence-electron chi connectivity index (χ1n) is 8.19. The number of sulfonamides is 1. The molecule has 1 heterocycles. The molecular weight excluding hydrogens is 341 g/mol. The van der Waals surface area contributed by atoms with E-state index < -0.39 is 21.9 Å². The van der Waals surface area contributed by atoms with Crippen molar-refractivity contribution in [1.29, 1.82) is 0 Å². The molecule has 0 saturated carbocycles. The molecule has 0 amide bonds. The molecule has 2 aromatic carbocycles. The van der Waals surface area contributed by atoms with Gasteiger partial charge in [0.15, 0.2) is 5.78 Å². The van der Waals surface area contributed by atoms with Crippen LogP contribution in [0.4, 0.5) is 4.39 Å². The Hall–Kier alpha value is -2.05. The van der Waals surface area contributed by atoms with E-state index in [0.717, 1.165) is 23.3 Å². The summed E-state index contributed by atoms with van der Waals surface area (Å²) in [6.45, 7) is 4.04. The average Bonchev–Trinajstić information content (AvgIpc) is 3.07. The average molecular weight is 361 g/mol. The molecule has 2 aromatic rings. The highest BCUT2D eigenvalue weighted by molar-refractivity contribution is 7.89. The Bertz CT molecular complexity index is 907. The third-order valence-corrected chi connectivity index (χ3v) is 6.51. The summed E-state index contributed by atoms with van der Waals surface area (Å²) in [4.78, 5) is 13.0. The lowest BCUT2D eigenvalue weighted by Crippen LogP contribution is -2.40. The molecule has 1 aliphatic heterocycles. The van der Waals surface area contributed by atoms with Crippen molar-refractivity contribution < 1.29 is 17.6 Å². The van der Waals surface area contributed by atoms with Crippen LogP contribution in [-0.4, -0.2) is 31.1 Å². The fourth-order valence-corrected chi connectivity index (χ4v) is 4.87. The molecule has 6 heteroatoms. The Labute approximate surface area is 147 Å². The van der Waals surface area contributed by atoms with Crippen molar-refractivity contribution in [2.24, 2.45) is 0 Å². The fraction of sp³-hybridized carbons (Fsp3) is 0.316. The van der Waals surface area contributed by atoms with Crippen molar-refractivity contribution in [3.8, 4) is 0 Å². The van der Waals surface area contributed by atoms with Crippen LogP contribution >= 0.6 is 0 Å². The molecule has 0 spiro atoms. The maximum absolute atomic E-state index is 13.1. The van der Waals surface area contributed by atoms with E-state index in [1.54, 1.807) is 6.07 Å². The highest BCUT2D eigenvalue weighted by Crippen LogP contribution is 2.29. The maximum Gasteiger partial charge on any atom is 0.243 e. The van der Waals surface area contributed by atoms with Crippen molar-refractivity contribution >= 4 is 15.8 Å². The normalized spacial score (nSPS) is 18.4. The largest absolute Gasteiger partial charge is 0.292 e. The molecule has 0 radical (unpaired) electrons. The monoisotopic (exact) mass is 361 g/mol. The van der Waals surface area contributed by atoms with E-state index in [1.165, 1.54) is 16.4 Å². The molecule has 0 N–H and O–H groups in total. The highest BCUT2D eigenvalue weighted by atomic mass is 32.2. The quantitative estimate of drug-likeness (QED) is 0.784. The Morgan fingerprint density at radius 1 is 1.12 bits per heavy atom. The Balaban J connectivity index is 1.96. The number of rotatable bonds is 4. The summed E-state index contributed by atoms with van der Waals surface area (Å²) < 4.78 is 40.1. The van der Waals surface area contributed by atoms with Crippen LogP contribution < -0.4 is 0 Å². The van der Waals surface area contributed by atoms with Crippen molar-refractivity contribution in [2.75, 3.05) is 6.54 Å². The van der Waals surface area contributed by atoms with E-state index >= 15 is 0 Å². The van der Waals surface area contributed by atoms with Gasteiger partial charge in [0.2, 0.25) is 10.0 Å². The molecule has 1 atom stereocenters. The molecule has 3 rings (SSSR count). The van der Waals surface area contributed by atoms with Gasteiger partial charge in [-0.05, 0) is 62.6 Å². The summed E-state index contributed by atoms with van der Waals surface area (Å²) in [7, 11) is -3.83. The first-order valence-corrected chi connectivity index (χ1v) is 9.63. The smallest absolute Gasteiger partial charge is 0.243 e. The highest BCUT2D eigenvalue weighted by Gasteiger charge is 2.39. The minimum absolute atomic E-state index is 0.00886. The minimum atomic E-state index is -3.83. The van der Waals surface area contributed by atoms with Crippen LogP contribution in [0.1, 0.15) is 34.3 Å². The predicted molar refractivity (Wildman–Crippen MR) is 93.6 cm³/mol. The number of Topliss-reactive ketones (excluding diaryl/α,β-unsaturated/α-hetero) is 1. The number of aryl methyl sites for hydroxylation is 2. The van der Waals surface area contributed by atoms with Crippen LogP contribution in [0.5, 0.6) is 0 Å². The molecule has 4 nitrogen and oxygen atoms in total. The van der Waals surface area contributed by atoms with Crippen LogP contribution in [0.2, 0.25) is 0 Å². The second-order valence-corrected chi connectivity index (χ2v) is 8.30. The van der Waals surface area contributed by atoms with Crippen LogP contribution in [-0.2, 0) is 10.0 Å². The standard InChI is InChI=1S/C19H20FNO3S/c1-13-5-6-14(2)17(12-13)19(22)18-4-3-11-21(18)25(23,24)16-9-7-15(20)8-10-16/h5-10,12,18H,3-4,11H2,1-2H3. The number of ketones is 1. The summed E-state index contributed by atoms with van der Waals surface area (Å²) in [6, 6.07) is 9.60. The molecular formula is C19H20FNO3S. The number of nitrogens with zero attached hydrogens (tertiary/aromatic N) is 1. The van der Waals surface area contributed by atoms with Gasteiger partial charge in [-0.2, -0.15) is 4.31 Å². The van der Waals surface area contributed by atoms with Gasteiger partial charge >= 0.3 is 0 Å². The number of halogens is 1. The molecule has 1 saturated heterocycles. The number of hydrogen-bond donors (Lipinski definition) is 0. The van der Waals surface area contributed by atoms with E-state index in [9.17, 15) is 17.6 Å². The van der Waals surface area contributed by atoms with Gasteiger partial charge in [-0.3, -0.25) is 4.79 Å². The van der Waals surface area contributed by atoms with Crippen molar-refractivity contribution in [3.05, 3.63) is 65.0 Å². The summed E-state index contributed by atoms with van der Waals surface area (Å²) in [5, 5.41) is 0. The zero-order valence-corrected chi connectivity index (χ0v) is 15.0. The van der Waals surface area contributed by atoms with Gasteiger partial charge < -0.3 is 0 Å². The summed E-state index contributed by atoms with van der Waals surface area (Å²) in [5.41, 5.74) is 2.35. The van der Waals surface area contributed by atoms with Crippen LogP contribution in [0.3, 0.4) is 0 Å². The van der Waals surface area contributed by atoms with Gasteiger partial charge in [-0.15, -0.1) is 0 Å². The predicted octanol–water partition coefficient (Wildman–Crippen LogP) is 3.48. The van der Waals surface area contributed by atoms with Crippen LogP contribution in [0, 0.1) is 19.7 Å². The lowest BCUT2D eigenvalue weighted by Gasteiger charge is -2.24. The Morgan fingerprint density at radius 2 is 1.80 bits per heavy atom. The van der Waals surface area contributed by atoms with Gasteiger partial charge in [0.1, 0.15) is 5.82 Å². The van der Waals surface area contributed by atoms with E-state index in [2.05, 4.69) is 0 Å². The summed E-state index contributed by atoms with van der Waals surface area (Å²) in [6.07, 6.45) is 1.12. The number of benzene rings is 2. The molecule has 0 aliphatic carbocycles. The topological polar surface area (TPSA) is 54.5 Å². The molecule has 1 unspecified atom stereocenters. The SMILES string of the molecule is Cc1ccc(C)c(C(=O)C2CCCN2S(=O)(=O)c2ccc(F)cc2)c1. The van der Waals surface area contributed by atoms with Crippen molar-refractivity contribution in [1.82, 2.24) is 4.31 Å². The zero-order valence-electron chi connectivity index (χ0n) is 14.2. The van der Waals surface area contributed by atoms with Crippen molar-refractivity contribution in [2.45, 2.75) is 37.6 Å². The van der Waals surface area contributed by atoms with E-state index in [-0.39, 0.29) is 10.7 Å². The number of hydrogen-bond acceptors (Lipinski definition) is 3. The van der Waals surface area contributed by atoms with Gasteiger partial charge in [-0.1, -0.05) is 17.7 Å². The maximum atomic E-state index is 13.1.